The number of nitrogens with one attached hydrogen (secondary N) is 1. The standard InChI is InChI=1S/C15H22N2O/c1-4-16-12-9-15(18)17(10-12)14-8-6-5-7-13(14)11(2)3/h5-8,11-12,16H,4,9-10H2,1-3H3. The minimum atomic E-state index is 0.231. The third kappa shape index (κ3) is 2.56. The van der Waals surface area contributed by atoms with E-state index in [1.807, 2.05) is 17.0 Å². The fourth-order valence-corrected chi connectivity index (χ4v) is 2.59. The van der Waals surface area contributed by atoms with Crippen LogP contribution in [-0.4, -0.2) is 25.0 Å². The molecule has 1 saturated heterocycles. The van der Waals surface area contributed by atoms with Gasteiger partial charge in [-0.25, -0.2) is 0 Å². The first-order valence-electron chi connectivity index (χ1n) is 6.76. The van der Waals surface area contributed by atoms with Crippen LogP contribution < -0.4 is 10.2 Å². The summed E-state index contributed by atoms with van der Waals surface area (Å²) in [6.45, 7) is 8.12. The molecule has 2 rings (SSSR count). The highest BCUT2D eigenvalue weighted by molar-refractivity contribution is 5.97. The number of benzene rings is 1. The van der Waals surface area contributed by atoms with Crippen molar-refractivity contribution in [1.82, 2.24) is 5.32 Å². The van der Waals surface area contributed by atoms with Gasteiger partial charge < -0.3 is 10.2 Å². The minimum Gasteiger partial charge on any atom is -0.312 e. The first kappa shape index (κ1) is 13.1. The van der Waals surface area contributed by atoms with Gasteiger partial charge in [0.05, 0.1) is 0 Å². The molecule has 1 fully saturated rings. The average Bonchev–Trinajstić information content (AvgIpc) is 2.70. The molecule has 0 aliphatic carbocycles. The Morgan fingerprint density at radius 2 is 2.11 bits per heavy atom. The molecule has 3 nitrogen and oxygen atoms in total. The lowest BCUT2D eigenvalue weighted by Gasteiger charge is -2.22. The lowest BCUT2D eigenvalue weighted by atomic mass is 10.0. The molecule has 1 amide bonds. The van der Waals surface area contributed by atoms with Gasteiger partial charge in [0.15, 0.2) is 0 Å². The molecule has 0 spiro atoms. The van der Waals surface area contributed by atoms with Gasteiger partial charge >= 0.3 is 0 Å². The van der Waals surface area contributed by atoms with Crippen LogP contribution in [0, 0.1) is 0 Å². The van der Waals surface area contributed by atoms with E-state index < -0.39 is 0 Å². The predicted octanol–water partition coefficient (Wildman–Crippen LogP) is 2.52. The van der Waals surface area contributed by atoms with Crippen molar-refractivity contribution in [2.24, 2.45) is 0 Å². The topological polar surface area (TPSA) is 32.3 Å². The van der Waals surface area contributed by atoms with Crippen LogP contribution >= 0.6 is 0 Å². The van der Waals surface area contributed by atoms with Crippen molar-refractivity contribution in [3.63, 3.8) is 0 Å². The normalized spacial score (nSPS) is 19.9. The summed E-state index contributed by atoms with van der Waals surface area (Å²) in [4.78, 5) is 14.1. The highest BCUT2D eigenvalue weighted by atomic mass is 16.2. The number of likely N-dealkylation sites (N-methyl/N-ethyl adjacent to an activating group) is 1. The van der Waals surface area contributed by atoms with Crippen molar-refractivity contribution in [2.75, 3.05) is 18.0 Å². The Kier molecular flexibility index (Phi) is 4.02. The van der Waals surface area contributed by atoms with Crippen LogP contribution in [0.2, 0.25) is 0 Å². The molecule has 0 bridgehead atoms. The van der Waals surface area contributed by atoms with Crippen LogP contribution in [0.5, 0.6) is 0 Å². The summed E-state index contributed by atoms with van der Waals surface area (Å²) >= 11 is 0. The van der Waals surface area contributed by atoms with Crippen molar-refractivity contribution in [1.29, 1.82) is 0 Å². The molecular weight excluding hydrogens is 224 g/mol. The van der Waals surface area contributed by atoms with E-state index in [0.717, 1.165) is 18.8 Å². The van der Waals surface area contributed by atoms with E-state index in [2.05, 4.69) is 38.2 Å². The first-order chi connectivity index (χ1) is 8.63. The summed E-state index contributed by atoms with van der Waals surface area (Å²) in [5, 5.41) is 3.36. The van der Waals surface area contributed by atoms with E-state index in [1.165, 1.54) is 5.56 Å². The zero-order valence-corrected chi connectivity index (χ0v) is 11.4. The van der Waals surface area contributed by atoms with Crippen LogP contribution in [-0.2, 0) is 4.79 Å². The molecule has 98 valence electrons. The summed E-state index contributed by atoms with van der Waals surface area (Å²) in [5.74, 6) is 0.668. The number of nitrogens with zero attached hydrogens (tertiary/aromatic N) is 1. The van der Waals surface area contributed by atoms with Crippen molar-refractivity contribution < 1.29 is 4.79 Å². The molecule has 1 aromatic carbocycles. The van der Waals surface area contributed by atoms with Crippen LogP contribution in [0.15, 0.2) is 24.3 Å². The fourth-order valence-electron chi connectivity index (χ4n) is 2.59. The number of hydrogen-bond donors (Lipinski definition) is 1. The molecule has 1 unspecified atom stereocenters. The van der Waals surface area contributed by atoms with E-state index in [1.54, 1.807) is 0 Å². The average molecular weight is 246 g/mol. The second kappa shape index (κ2) is 5.53. The van der Waals surface area contributed by atoms with Gasteiger partial charge in [0.25, 0.3) is 0 Å². The molecule has 1 N–H and O–H groups in total. The van der Waals surface area contributed by atoms with Gasteiger partial charge in [0, 0.05) is 24.7 Å². The second-order valence-electron chi connectivity index (χ2n) is 5.18. The molecule has 0 saturated carbocycles. The molecule has 18 heavy (non-hydrogen) atoms. The van der Waals surface area contributed by atoms with E-state index in [-0.39, 0.29) is 5.91 Å². The SMILES string of the molecule is CCNC1CC(=O)N(c2ccccc2C(C)C)C1. The summed E-state index contributed by atoms with van der Waals surface area (Å²) in [6.07, 6.45) is 0.611. The molecule has 1 atom stereocenters. The Hall–Kier alpha value is -1.35. The molecular formula is C15H22N2O. The number of anilines is 1. The van der Waals surface area contributed by atoms with Crippen LogP contribution in [0.4, 0.5) is 5.69 Å². The molecule has 0 radical (unpaired) electrons. The highest BCUT2D eigenvalue weighted by Crippen LogP contribution is 2.30. The minimum absolute atomic E-state index is 0.231. The number of hydrogen-bond acceptors (Lipinski definition) is 2. The van der Waals surface area contributed by atoms with E-state index >= 15 is 0 Å². The monoisotopic (exact) mass is 246 g/mol. The fraction of sp³-hybridized carbons (Fsp3) is 0.533. The molecule has 1 aliphatic rings. The van der Waals surface area contributed by atoms with Crippen molar-refractivity contribution >= 4 is 11.6 Å². The van der Waals surface area contributed by atoms with Crippen molar-refractivity contribution in [3.8, 4) is 0 Å². The third-order valence-electron chi connectivity index (χ3n) is 3.47. The zero-order valence-electron chi connectivity index (χ0n) is 11.4. The molecule has 3 heteroatoms. The summed E-state index contributed by atoms with van der Waals surface area (Å²) in [7, 11) is 0. The molecule has 1 heterocycles. The number of carbonyl (C=O) groups is 1. The van der Waals surface area contributed by atoms with Gasteiger partial charge in [0.2, 0.25) is 5.91 Å². The summed E-state index contributed by atoms with van der Waals surface area (Å²) < 4.78 is 0. The lowest BCUT2D eigenvalue weighted by Crippen LogP contribution is -2.33. The lowest BCUT2D eigenvalue weighted by molar-refractivity contribution is -0.117. The Morgan fingerprint density at radius 3 is 2.78 bits per heavy atom. The van der Waals surface area contributed by atoms with Gasteiger partial charge in [-0.15, -0.1) is 0 Å². The van der Waals surface area contributed by atoms with E-state index in [9.17, 15) is 4.79 Å². The molecule has 1 aromatic rings. The van der Waals surface area contributed by atoms with E-state index in [0.29, 0.717) is 18.4 Å². The summed E-state index contributed by atoms with van der Waals surface area (Å²) in [5.41, 5.74) is 2.33. The quantitative estimate of drug-likeness (QED) is 0.885. The van der Waals surface area contributed by atoms with Crippen LogP contribution in [0.25, 0.3) is 0 Å². The maximum atomic E-state index is 12.1. The Labute approximate surface area is 109 Å². The number of para-hydroxylation sites is 1. The van der Waals surface area contributed by atoms with Gasteiger partial charge in [-0.3, -0.25) is 4.79 Å². The Balaban J connectivity index is 2.24. The maximum absolute atomic E-state index is 12.1. The summed E-state index contributed by atoms with van der Waals surface area (Å²) in [6, 6.07) is 8.52. The van der Waals surface area contributed by atoms with Gasteiger partial charge in [0.1, 0.15) is 0 Å². The van der Waals surface area contributed by atoms with Crippen molar-refractivity contribution in [3.05, 3.63) is 29.8 Å². The van der Waals surface area contributed by atoms with Crippen LogP contribution in [0.1, 0.15) is 38.7 Å². The number of carbonyl (C=O) groups excluding carboxylic acids is 1. The van der Waals surface area contributed by atoms with Gasteiger partial charge in [-0.1, -0.05) is 39.0 Å². The van der Waals surface area contributed by atoms with Crippen molar-refractivity contribution in [2.45, 2.75) is 39.2 Å². The highest BCUT2D eigenvalue weighted by Gasteiger charge is 2.31. The van der Waals surface area contributed by atoms with Gasteiger partial charge in [-0.05, 0) is 24.1 Å². The van der Waals surface area contributed by atoms with Gasteiger partial charge in [-0.2, -0.15) is 0 Å². The number of amides is 1. The molecule has 0 aromatic heterocycles. The Bertz CT molecular complexity index is 428. The smallest absolute Gasteiger partial charge is 0.228 e. The predicted molar refractivity (Wildman–Crippen MR) is 75.0 cm³/mol. The largest absolute Gasteiger partial charge is 0.312 e. The first-order valence-corrected chi connectivity index (χ1v) is 6.76. The molecule has 1 aliphatic heterocycles. The zero-order chi connectivity index (χ0) is 13.1. The Morgan fingerprint density at radius 1 is 1.39 bits per heavy atom. The maximum Gasteiger partial charge on any atom is 0.228 e. The third-order valence-corrected chi connectivity index (χ3v) is 3.47. The van der Waals surface area contributed by atoms with E-state index in [4.69, 9.17) is 0 Å². The second-order valence-corrected chi connectivity index (χ2v) is 5.18. The number of rotatable bonds is 4. The van der Waals surface area contributed by atoms with Crippen LogP contribution in [0.3, 0.4) is 0 Å².